The van der Waals surface area contributed by atoms with Crippen LogP contribution in [0.5, 0.6) is 0 Å². The second-order valence-corrected chi connectivity index (χ2v) is 5.57. The third-order valence-corrected chi connectivity index (χ3v) is 4.08. The Morgan fingerprint density at radius 3 is 2.90 bits per heavy atom. The molecule has 0 aliphatic rings. The van der Waals surface area contributed by atoms with Crippen LogP contribution in [-0.4, -0.2) is 16.1 Å². The molecule has 0 radical (unpaired) electrons. The van der Waals surface area contributed by atoms with Gasteiger partial charge in [0.15, 0.2) is 0 Å². The van der Waals surface area contributed by atoms with Gasteiger partial charge in [-0.2, -0.15) is 0 Å². The van der Waals surface area contributed by atoms with Crippen molar-refractivity contribution in [3.05, 3.63) is 53.5 Å². The van der Waals surface area contributed by atoms with Gasteiger partial charge in [0.25, 0.3) is 0 Å². The normalized spacial score (nSPS) is 10.8. The van der Waals surface area contributed by atoms with Gasteiger partial charge in [0.05, 0.1) is 5.69 Å². The standard InChI is InChI=1S/C15H11FN2O2S/c1-8-4-5-11(10(16)7-8)18-14-12(15(19)20)9-3-2-6-17-13(9)21-14/h2-7,18H,1H3,(H,19,20). The van der Waals surface area contributed by atoms with E-state index >= 15 is 0 Å². The van der Waals surface area contributed by atoms with Crippen LogP contribution in [0.15, 0.2) is 36.5 Å². The second-order valence-electron chi connectivity index (χ2n) is 4.58. The summed E-state index contributed by atoms with van der Waals surface area (Å²) >= 11 is 1.19. The quantitative estimate of drug-likeness (QED) is 0.761. The molecule has 0 bridgehead atoms. The summed E-state index contributed by atoms with van der Waals surface area (Å²) in [6.45, 7) is 1.79. The maximum absolute atomic E-state index is 13.9. The van der Waals surface area contributed by atoms with Gasteiger partial charge in [-0.1, -0.05) is 17.4 Å². The van der Waals surface area contributed by atoms with Crippen molar-refractivity contribution in [1.29, 1.82) is 0 Å². The molecule has 21 heavy (non-hydrogen) atoms. The van der Waals surface area contributed by atoms with Crippen molar-refractivity contribution < 1.29 is 14.3 Å². The van der Waals surface area contributed by atoms with Crippen LogP contribution in [-0.2, 0) is 0 Å². The van der Waals surface area contributed by atoms with Crippen LogP contribution in [0.25, 0.3) is 10.2 Å². The number of aromatic nitrogens is 1. The van der Waals surface area contributed by atoms with Gasteiger partial charge in [0.1, 0.15) is 21.2 Å². The molecule has 0 aliphatic heterocycles. The molecule has 6 heteroatoms. The molecule has 3 rings (SSSR count). The van der Waals surface area contributed by atoms with Crippen molar-refractivity contribution in [2.75, 3.05) is 5.32 Å². The molecule has 106 valence electrons. The number of carbonyl (C=O) groups is 1. The number of rotatable bonds is 3. The number of carboxylic acid groups (broad SMARTS) is 1. The van der Waals surface area contributed by atoms with Crippen LogP contribution in [0.4, 0.5) is 15.1 Å². The van der Waals surface area contributed by atoms with Crippen LogP contribution in [0.3, 0.4) is 0 Å². The summed E-state index contributed by atoms with van der Waals surface area (Å²) in [4.78, 5) is 16.2. The summed E-state index contributed by atoms with van der Waals surface area (Å²) in [5, 5.41) is 13.2. The fourth-order valence-electron chi connectivity index (χ4n) is 2.08. The van der Waals surface area contributed by atoms with E-state index in [4.69, 9.17) is 0 Å². The monoisotopic (exact) mass is 302 g/mol. The minimum absolute atomic E-state index is 0.114. The Morgan fingerprint density at radius 1 is 1.38 bits per heavy atom. The van der Waals surface area contributed by atoms with Crippen LogP contribution >= 0.6 is 11.3 Å². The minimum atomic E-state index is -1.07. The third kappa shape index (κ3) is 2.45. The predicted molar refractivity (Wildman–Crippen MR) is 81.0 cm³/mol. The highest BCUT2D eigenvalue weighted by Gasteiger charge is 2.19. The maximum atomic E-state index is 13.9. The van der Waals surface area contributed by atoms with E-state index in [1.54, 1.807) is 37.4 Å². The Labute approximate surface area is 123 Å². The molecule has 2 N–H and O–H groups in total. The lowest BCUT2D eigenvalue weighted by Gasteiger charge is -2.07. The Morgan fingerprint density at radius 2 is 2.19 bits per heavy atom. The van der Waals surface area contributed by atoms with Crippen molar-refractivity contribution in [2.24, 2.45) is 0 Å². The Balaban J connectivity index is 2.12. The first-order valence-corrected chi connectivity index (χ1v) is 7.02. The van der Waals surface area contributed by atoms with E-state index in [1.807, 2.05) is 0 Å². The molecule has 4 nitrogen and oxygen atoms in total. The number of carboxylic acids is 1. The molecule has 0 saturated heterocycles. The lowest BCUT2D eigenvalue weighted by atomic mass is 10.2. The average molecular weight is 302 g/mol. The zero-order chi connectivity index (χ0) is 15.0. The maximum Gasteiger partial charge on any atom is 0.339 e. The second kappa shape index (κ2) is 5.14. The van der Waals surface area contributed by atoms with E-state index < -0.39 is 11.8 Å². The SMILES string of the molecule is Cc1ccc(Nc2sc3ncccc3c2C(=O)O)c(F)c1. The van der Waals surface area contributed by atoms with Crippen molar-refractivity contribution >= 4 is 38.2 Å². The zero-order valence-electron chi connectivity index (χ0n) is 11.1. The van der Waals surface area contributed by atoms with Crippen LogP contribution in [0.1, 0.15) is 15.9 Å². The number of benzene rings is 1. The Kier molecular flexibility index (Phi) is 3.31. The number of thiophene rings is 1. The van der Waals surface area contributed by atoms with Gasteiger partial charge in [-0.3, -0.25) is 0 Å². The molecule has 0 aliphatic carbocycles. The summed E-state index contributed by atoms with van der Waals surface area (Å²) in [7, 11) is 0. The molecule has 0 atom stereocenters. The van der Waals surface area contributed by atoms with Crippen LogP contribution in [0, 0.1) is 12.7 Å². The van der Waals surface area contributed by atoms with Gasteiger partial charge in [0.2, 0.25) is 0 Å². The van der Waals surface area contributed by atoms with Gasteiger partial charge < -0.3 is 10.4 Å². The van der Waals surface area contributed by atoms with Gasteiger partial charge in [-0.05, 0) is 36.8 Å². The molecule has 1 aromatic carbocycles. The van der Waals surface area contributed by atoms with E-state index in [9.17, 15) is 14.3 Å². The van der Waals surface area contributed by atoms with Crippen molar-refractivity contribution in [3.8, 4) is 0 Å². The molecule has 0 spiro atoms. The summed E-state index contributed by atoms with van der Waals surface area (Å²) in [5.41, 5.74) is 1.16. The number of hydrogen-bond donors (Lipinski definition) is 2. The van der Waals surface area contributed by atoms with E-state index in [0.717, 1.165) is 5.56 Å². The van der Waals surface area contributed by atoms with Gasteiger partial charge in [-0.25, -0.2) is 14.2 Å². The number of hydrogen-bond acceptors (Lipinski definition) is 4. The molecule has 0 amide bonds. The average Bonchev–Trinajstić information content (AvgIpc) is 2.80. The molecule has 0 unspecified atom stereocenters. The first-order valence-electron chi connectivity index (χ1n) is 6.20. The Bertz CT molecular complexity index is 845. The van der Waals surface area contributed by atoms with Gasteiger partial charge in [0, 0.05) is 11.6 Å². The van der Waals surface area contributed by atoms with E-state index in [-0.39, 0.29) is 11.3 Å². The van der Waals surface area contributed by atoms with E-state index in [1.165, 1.54) is 17.4 Å². The fraction of sp³-hybridized carbons (Fsp3) is 0.0667. The smallest absolute Gasteiger partial charge is 0.339 e. The van der Waals surface area contributed by atoms with Crippen molar-refractivity contribution in [3.63, 3.8) is 0 Å². The van der Waals surface area contributed by atoms with E-state index in [0.29, 0.717) is 15.2 Å². The molecule has 3 aromatic rings. The van der Waals surface area contributed by atoms with Crippen molar-refractivity contribution in [1.82, 2.24) is 4.98 Å². The molecule has 0 fully saturated rings. The Hall–Kier alpha value is -2.47. The highest BCUT2D eigenvalue weighted by Crippen LogP contribution is 2.36. The summed E-state index contributed by atoms with van der Waals surface area (Å²) in [5.74, 6) is -1.49. The van der Waals surface area contributed by atoms with E-state index in [2.05, 4.69) is 10.3 Å². The highest BCUT2D eigenvalue weighted by atomic mass is 32.1. The molecule has 2 aromatic heterocycles. The van der Waals surface area contributed by atoms with Crippen LogP contribution < -0.4 is 5.32 Å². The number of aryl methyl sites for hydroxylation is 1. The summed E-state index contributed by atoms with van der Waals surface area (Å²) < 4.78 is 13.9. The molecule has 2 heterocycles. The van der Waals surface area contributed by atoms with Gasteiger partial charge in [-0.15, -0.1) is 0 Å². The highest BCUT2D eigenvalue weighted by molar-refractivity contribution is 7.23. The number of nitrogens with one attached hydrogen (secondary N) is 1. The fourth-order valence-corrected chi connectivity index (χ4v) is 3.12. The molecular formula is C15H11FN2O2S. The third-order valence-electron chi connectivity index (χ3n) is 3.05. The zero-order valence-corrected chi connectivity index (χ0v) is 11.9. The lowest BCUT2D eigenvalue weighted by Crippen LogP contribution is -2.01. The minimum Gasteiger partial charge on any atom is -0.478 e. The predicted octanol–water partition coefficient (Wildman–Crippen LogP) is 4.19. The lowest BCUT2D eigenvalue weighted by molar-refractivity contribution is 0.0700. The number of pyridine rings is 1. The number of aromatic carboxylic acids is 1. The van der Waals surface area contributed by atoms with Crippen molar-refractivity contribution in [2.45, 2.75) is 6.92 Å². The van der Waals surface area contributed by atoms with Crippen LogP contribution in [0.2, 0.25) is 0 Å². The largest absolute Gasteiger partial charge is 0.478 e. The number of anilines is 2. The first kappa shape index (κ1) is 13.5. The topological polar surface area (TPSA) is 62.2 Å². The number of halogens is 1. The summed E-state index contributed by atoms with van der Waals surface area (Å²) in [6, 6.07) is 8.12. The van der Waals surface area contributed by atoms with Gasteiger partial charge >= 0.3 is 5.97 Å². The molecule has 0 saturated carbocycles. The molecular weight excluding hydrogens is 291 g/mol. The number of nitrogens with zero attached hydrogens (tertiary/aromatic N) is 1. The number of fused-ring (bicyclic) bond motifs is 1. The first-order chi connectivity index (χ1) is 10.1. The summed E-state index contributed by atoms with van der Waals surface area (Å²) in [6.07, 6.45) is 1.60.